The van der Waals surface area contributed by atoms with Crippen LogP contribution < -0.4 is 0 Å². The Balaban J connectivity index is 1.91. The van der Waals surface area contributed by atoms with Crippen LogP contribution in [0.3, 0.4) is 0 Å². The fourth-order valence-electron chi connectivity index (χ4n) is 2.53. The summed E-state index contributed by atoms with van der Waals surface area (Å²) in [5, 5.41) is 12.6. The van der Waals surface area contributed by atoms with Gasteiger partial charge in [-0.1, -0.05) is 5.16 Å². The molecule has 1 atom stereocenters. The monoisotopic (exact) mass is 339 g/mol. The van der Waals surface area contributed by atoms with Gasteiger partial charge in [0.05, 0.1) is 24.8 Å². The first-order chi connectivity index (χ1) is 11.3. The van der Waals surface area contributed by atoms with Crippen molar-refractivity contribution in [2.24, 2.45) is 0 Å². The lowest BCUT2D eigenvalue weighted by Gasteiger charge is -2.35. The number of carbonyl (C=O) groups excluding carboxylic acids is 2. The number of ether oxygens (including phenoxy) is 1. The highest BCUT2D eigenvalue weighted by molar-refractivity contribution is 5.80. The predicted molar refractivity (Wildman–Crippen MR) is 81.2 cm³/mol. The number of rotatable bonds is 6. The summed E-state index contributed by atoms with van der Waals surface area (Å²) in [6.07, 6.45) is -0.304. The van der Waals surface area contributed by atoms with E-state index < -0.39 is 12.1 Å². The van der Waals surface area contributed by atoms with E-state index in [1.54, 1.807) is 17.9 Å². The number of morpholine rings is 1. The molecule has 24 heavy (non-hydrogen) atoms. The molecule has 1 aromatic rings. The van der Waals surface area contributed by atoms with Crippen molar-refractivity contribution in [3.05, 3.63) is 17.5 Å². The Labute approximate surface area is 139 Å². The SMILES string of the molecule is CC(=O)N(CC(=O)O)CC1CN(C(=O)Cc2cc(C)no2)CCO1. The molecule has 1 saturated heterocycles. The fourth-order valence-corrected chi connectivity index (χ4v) is 2.53. The Hall–Kier alpha value is -2.42. The topological polar surface area (TPSA) is 113 Å². The van der Waals surface area contributed by atoms with E-state index in [0.29, 0.717) is 31.2 Å². The number of amides is 2. The largest absolute Gasteiger partial charge is 0.480 e. The lowest BCUT2D eigenvalue weighted by atomic mass is 10.2. The van der Waals surface area contributed by atoms with Gasteiger partial charge < -0.3 is 24.2 Å². The highest BCUT2D eigenvalue weighted by Gasteiger charge is 2.27. The van der Waals surface area contributed by atoms with Crippen molar-refractivity contribution in [3.8, 4) is 0 Å². The summed E-state index contributed by atoms with van der Waals surface area (Å²) >= 11 is 0. The van der Waals surface area contributed by atoms with Gasteiger partial charge in [0.25, 0.3) is 0 Å². The number of carboxylic acid groups (broad SMARTS) is 1. The Morgan fingerprint density at radius 3 is 2.79 bits per heavy atom. The molecule has 1 unspecified atom stereocenters. The molecule has 0 radical (unpaired) electrons. The second-order valence-corrected chi connectivity index (χ2v) is 5.74. The minimum absolute atomic E-state index is 0.110. The van der Waals surface area contributed by atoms with E-state index in [1.807, 2.05) is 0 Å². The van der Waals surface area contributed by atoms with Crippen molar-refractivity contribution in [2.45, 2.75) is 26.4 Å². The van der Waals surface area contributed by atoms with Crippen LogP contribution in [-0.2, 0) is 25.5 Å². The van der Waals surface area contributed by atoms with Gasteiger partial charge in [-0.2, -0.15) is 0 Å². The molecule has 132 valence electrons. The van der Waals surface area contributed by atoms with Crippen LogP contribution in [0.4, 0.5) is 0 Å². The van der Waals surface area contributed by atoms with Gasteiger partial charge in [-0.25, -0.2) is 0 Å². The molecule has 1 aliphatic rings. The summed E-state index contributed by atoms with van der Waals surface area (Å²) in [6, 6.07) is 1.71. The van der Waals surface area contributed by atoms with Gasteiger partial charge in [0.1, 0.15) is 12.3 Å². The first-order valence-corrected chi connectivity index (χ1v) is 7.64. The molecule has 1 aliphatic heterocycles. The standard InChI is InChI=1S/C15H21N3O6/c1-10-5-12(24-16-10)6-14(20)17-3-4-23-13(7-17)8-18(11(2)19)9-15(21)22/h5,13H,3-4,6-9H2,1-2H3,(H,21,22). The first kappa shape index (κ1) is 17.9. The van der Waals surface area contributed by atoms with E-state index in [0.717, 1.165) is 0 Å². The van der Waals surface area contributed by atoms with Crippen LogP contribution >= 0.6 is 0 Å². The fraction of sp³-hybridized carbons (Fsp3) is 0.600. The second kappa shape index (κ2) is 7.91. The highest BCUT2D eigenvalue weighted by atomic mass is 16.5. The Bertz CT molecular complexity index is 614. The quantitative estimate of drug-likeness (QED) is 0.756. The molecule has 0 aliphatic carbocycles. The molecule has 1 N–H and O–H groups in total. The van der Waals surface area contributed by atoms with Crippen LogP contribution in [0.15, 0.2) is 10.6 Å². The summed E-state index contributed by atoms with van der Waals surface area (Å²) in [7, 11) is 0. The van der Waals surface area contributed by atoms with Gasteiger partial charge in [-0.3, -0.25) is 14.4 Å². The van der Waals surface area contributed by atoms with Gasteiger partial charge in [0, 0.05) is 32.6 Å². The van der Waals surface area contributed by atoms with E-state index in [-0.39, 0.29) is 31.3 Å². The zero-order valence-electron chi connectivity index (χ0n) is 13.7. The molecule has 0 spiro atoms. The van der Waals surface area contributed by atoms with E-state index in [9.17, 15) is 14.4 Å². The molecule has 0 saturated carbocycles. The molecular weight excluding hydrogens is 318 g/mol. The Morgan fingerprint density at radius 1 is 1.46 bits per heavy atom. The summed E-state index contributed by atoms with van der Waals surface area (Å²) < 4.78 is 10.6. The zero-order valence-corrected chi connectivity index (χ0v) is 13.7. The van der Waals surface area contributed by atoms with Crippen molar-refractivity contribution in [2.75, 3.05) is 32.8 Å². The maximum Gasteiger partial charge on any atom is 0.323 e. The van der Waals surface area contributed by atoms with E-state index >= 15 is 0 Å². The minimum atomic E-state index is -1.09. The van der Waals surface area contributed by atoms with Crippen LogP contribution in [0, 0.1) is 6.92 Å². The van der Waals surface area contributed by atoms with Crippen LogP contribution in [0.5, 0.6) is 0 Å². The molecule has 1 aromatic heterocycles. The average molecular weight is 339 g/mol. The molecule has 2 amide bonds. The summed E-state index contributed by atoms with van der Waals surface area (Å²) in [5.74, 6) is -1.06. The smallest absolute Gasteiger partial charge is 0.323 e. The third-order valence-electron chi connectivity index (χ3n) is 3.69. The average Bonchev–Trinajstić information content (AvgIpc) is 2.91. The van der Waals surface area contributed by atoms with Gasteiger partial charge >= 0.3 is 5.97 Å². The molecule has 0 bridgehead atoms. The highest BCUT2D eigenvalue weighted by Crippen LogP contribution is 2.11. The lowest BCUT2D eigenvalue weighted by Crippen LogP contribution is -2.51. The van der Waals surface area contributed by atoms with Crippen LogP contribution in [0.25, 0.3) is 0 Å². The van der Waals surface area contributed by atoms with Gasteiger partial charge in [0.15, 0.2) is 0 Å². The summed E-state index contributed by atoms with van der Waals surface area (Å²) in [4.78, 5) is 37.5. The van der Waals surface area contributed by atoms with Gasteiger partial charge in [0.2, 0.25) is 11.8 Å². The molecule has 1 fully saturated rings. The zero-order chi connectivity index (χ0) is 17.7. The van der Waals surface area contributed by atoms with Crippen molar-refractivity contribution in [1.29, 1.82) is 0 Å². The van der Waals surface area contributed by atoms with Crippen molar-refractivity contribution in [1.82, 2.24) is 15.0 Å². The third-order valence-corrected chi connectivity index (χ3v) is 3.69. The number of hydrogen-bond acceptors (Lipinski definition) is 6. The van der Waals surface area contributed by atoms with E-state index in [4.69, 9.17) is 14.4 Å². The molecule has 2 rings (SSSR count). The molecule has 2 heterocycles. The van der Waals surface area contributed by atoms with Crippen LogP contribution in [-0.4, -0.2) is 76.7 Å². The molecule has 9 nitrogen and oxygen atoms in total. The van der Waals surface area contributed by atoms with E-state index in [2.05, 4.69) is 5.16 Å². The molecule has 0 aromatic carbocycles. The number of hydrogen-bond donors (Lipinski definition) is 1. The summed E-state index contributed by atoms with van der Waals surface area (Å²) in [5.41, 5.74) is 0.712. The predicted octanol–water partition coefficient (Wildman–Crippen LogP) is -0.314. The Morgan fingerprint density at radius 2 is 2.21 bits per heavy atom. The normalized spacial score (nSPS) is 17.6. The molecule has 9 heteroatoms. The third kappa shape index (κ3) is 5.05. The molecular formula is C15H21N3O6. The summed E-state index contributed by atoms with van der Waals surface area (Å²) in [6.45, 7) is 3.91. The number of aliphatic carboxylic acids is 1. The minimum Gasteiger partial charge on any atom is -0.480 e. The maximum absolute atomic E-state index is 12.3. The van der Waals surface area contributed by atoms with Crippen LogP contribution in [0.2, 0.25) is 0 Å². The number of carbonyl (C=O) groups is 3. The number of aryl methyl sites for hydroxylation is 1. The number of aromatic nitrogens is 1. The maximum atomic E-state index is 12.3. The Kier molecular flexibility index (Phi) is 5.91. The van der Waals surface area contributed by atoms with Gasteiger partial charge in [-0.15, -0.1) is 0 Å². The van der Waals surface area contributed by atoms with Crippen LogP contribution in [0.1, 0.15) is 18.4 Å². The number of carboxylic acids is 1. The van der Waals surface area contributed by atoms with E-state index in [1.165, 1.54) is 11.8 Å². The van der Waals surface area contributed by atoms with Crippen molar-refractivity contribution >= 4 is 17.8 Å². The second-order valence-electron chi connectivity index (χ2n) is 5.74. The van der Waals surface area contributed by atoms with Crippen molar-refractivity contribution < 1.29 is 28.8 Å². The lowest BCUT2D eigenvalue weighted by molar-refractivity contribution is -0.148. The number of nitrogens with zero attached hydrogens (tertiary/aromatic N) is 3. The first-order valence-electron chi connectivity index (χ1n) is 7.64. The van der Waals surface area contributed by atoms with Gasteiger partial charge in [-0.05, 0) is 6.92 Å². The van der Waals surface area contributed by atoms with Crippen molar-refractivity contribution in [3.63, 3.8) is 0 Å².